The van der Waals surface area contributed by atoms with Gasteiger partial charge in [-0.3, -0.25) is 4.98 Å². The zero-order chi connectivity index (χ0) is 17.8. The van der Waals surface area contributed by atoms with Crippen LogP contribution in [0.25, 0.3) is 0 Å². The van der Waals surface area contributed by atoms with Crippen molar-refractivity contribution in [3.63, 3.8) is 0 Å². The van der Waals surface area contributed by atoms with Crippen molar-refractivity contribution in [3.05, 3.63) is 24.5 Å². The first-order valence-electron chi connectivity index (χ1n) is 7.01. The quantitative estimate of drug-likeness (QED) is 0.487. The Morgan fingerprint density at radius 2 is 1.92 bits per heavy atom. The molecule has 1 aliphatic heterocycles. The summed E-state index contributed by atoms with van der Waals surface area (Å²) < 4.78 is 5.23. The third-order valence-corrected chi connectivity index (χ3v) is 2.71. The molecule has 0 bridgehead atoms. The fourth-order valence-electron chi connectivity index (χ4n) is 1.71. The summed E-state index contributed by atoms with van der Waals surface area (Å²) in [6, 6.07) is 0. The Morgan fingerprint density at radius 1 is 1.29 bits per heavy atom. The lowest BCUT2D eigenvalue weighted by molar-refractivity contribution is -0.134. The Hall–Kier alpha value is -3.12. The van der Waals surface area contributed by atoms with Gasteiger partial charge in [0, 0.05) is 38.3 Å². The number of piperazine rings is 1. The normalized spacial score (nSPS) is 13.5. The molecule has 1 aromatic heterocycles. The van der Waals surface area contributed by atoms with Gasteiger partial charge < -0.3 is 25.2 Å². The van der Waals surface area contributed by atoms with E-state index in [0.29, 0.717) is 18.0 Å². The van der Waals surface area contributed by atoms with Crippen molar-refractivity contribution in [2.45, 2.75) is 0 Å². The van der Waals surface area contributed by atoms with Gasteiger partial charge in [0.1, 0.15) is 0 Å². The molecule has 1 fully saturated rings. The van der Waals surface area contributed by atoms with Crippen molar-refractivity contribution in [2.24, 2.45) is 0 Å². The van der Waals surface area contributed by atoms with Gasteiger partial charge in [0.15, 0.2) is 12.4 Å². The van der Waals surface area contributed by atoms with Crippen molar-refractivity contribution in [1.29, 1.82) is 0 Å². The first kappa shape index (κ1) is 18.9. The Labute approximate surface area is 139 Å². The van der Waals surface area contributed by atoms with E-state index in [2.05, 4.69) is 26.1 Å². The van der Waals surface area contributed by atoms with Gasteiger partial charge in [-0.1, -0.05) is 5.92 Å². The van der Waals surface area contributed by atoms with Crippen molar-refractivity contribution in [1.82, 2.24) is 15.3 Å². The van der Waals surface area contributed by atoms with Crippen LogP contribution >= 0.6 is 0 Å². The molecule has 128 valence electrons. The number of terminal acetylenes is 1. The minimum Gasteiger partial charge on any atom is -0.478 e. The lowest BCUT2D eigenvalue weighted by Crippen LogP contribution is -2.43. The monoisotopic (exact) mass is 334 g/mol. The number of carboxylic acid groups (broad SMARTS) is 2. The Bertz CT molecular complexity index is 605. The van der Waals surface area contributed by atoms with Crippen LogP contribution in [0.1, 0.15) is 0 Å². The SMILES string of the molecule is C#CCOc1cncc(N2CCNCC2)n1.O=C(O)/C=C\C(=O)O. The van der Waals surface area contributed by atoms with Crippen LogP contribution in [0.4, 0.5) is 5.82 Å². The largest absolute Gasteiger partial charge is 0.478 e. The minimum atomic E-state index is -1.26. The fourth-order valence-corrected chi connectivity index (χ4v) is 1.71. The topological polar surface area (TPSA) is 125 Å². The van der Waals surface area contributed by atoms with Gasteiger partial charge in [-0.15, -0.1) is 6.42 Å². The van der Waals surface area contributed by atoms with Crippen LogP contribution in [0.15, 0.2) is 24.5 Å². The van der Waals surface area contributed by atoms with Crippen molar-refractivity contribution in [2.75, 3.05) is 37.7 Å². The molecule has 3 N–H and O–H groups in total. The molecule has 0 aliphatic carbocycles. The molecule has 0 unspecified atom stereocenters. The van der Waals surface area contributed by atoms with Gasteiger partial charge in [0.25, 0.3) is 0 Å². The molecule has 0 spiro atoms. The summed E-state index contributed by atoms with van der Waals surface area (Å²) in [6.45, 7) is 4.04. The highest BCUT2D eigenvalue weighted by molar-refractivity contribution is 5.89. The van der Waals surface area contributed by atoms with E-state index in [9.17, 15) is 9.59 Å². The van der Waals surface area contributed by atoms with Crippen molar-refractivity contribution < 1.29 is 24.5 Å². The number of nitrogens with zero attached hydrogens (tertiary/aromatic N) is 3. The van der Waals surface area contributed by atoms with Gasteiger partial charge in [-0.2, -0.15) is 4.98 Å². The van der Waals surface area contributed by atoms with Crippen LogP contribution in [-0.4, -0.2) is 64.9 Å². The molecule has 0 saturated carbocycles. The Balaban J connectivity index is 0.000000307. The lowest BCUT2D eigenvalue weighted by Gasteiger charge is -2.28. The number of carbonyl (C=O) groups is 2. The van der Waals surface area contributed by atoms with Crippen LogP contribution in [0.3, 0.4) is 0 Å². The van der Waals surface area contributed by atoms with E-state index in [1.54, 1.807) is 12.4 Å². The van der Waals surface area contributed by atoms with Crippen LogP contribution < -0.4 is 15.0 Å². The maximum absolute atomic E-state index is 9.55. The van der Waals surface area contributed by atoms with Crippen LogP contribution in [-0.2, 0) is 9.59 Å². The number of rotatable bonds is 5. The Morgan fingerprint density at radius 3 is 2.46 bits per heavy atom. The third kappa shape index (κ3) is 7.77. The van der Waals surface area contributed by atoms with E-state index < -0.39 is 11.9 Å². The molecule has 0 amide bonds. The predicted octanol–water partition coefficient (Wildman–Crippen LogP) is -0.390. The second-order valence-corrected chi connectivity index (χ2v) is 4.46. The summed E-state index contributed by atoms with van der Waals surface area (Å²) in [5, 5.41) is 18.9. The predicted molar refractivity (Wildman–Crippen MR) is 85.9 cm³/mol. The lowest BCUT2D eigenvalue weighted by atomic mass is 10.3. The molecule has 1 aliphatic rings. The van der Waals surface area contributed by atoms with Gasteiger partial charge in [0.2, 0.25) is 5.88 Å². The summed E-state index contributed by atoms with van der Waals surface area (Å²) in [5.41, 5.74) is 0. The second-order valence-electron chi connectivity index (χ2n) is 4.46. The highest BCUT2D eigenvalue weighted by Crippen LogP contribution is 2.14. The van der Waals surface area contributed by atoms with Gasteiger partial charge in [-0.05, 0) is 0 Å². The summed E-state index contributed by atoms with van der Waals surface area (Å²) in [5.74, 6) is 1.21. The first-order chi connectivity index (χ1) is 11.5. The van der Waals surface area contributed by atoms with Crippen LogP contribution in [0, 0.1) is 12.3 Å². The molecule has 1 saturated heterocycles. The molecule has 9 nitrogen and oxygen atoms in total. The number of carboxylic acids is 2. The highest BCUT2D eigenvalue weighted by Gasteiger charge is 2.12. The number of hydrogen-bond donors (Lipinski definition) is 3. The molecule has 0 aromatic carbocycles. The summed E-state index contributed by atoms with van der Waals surface area (Å²) in [7, 11) is 0. The summed E-state index contributed by atoms with van der Waals surface area (Å²) in [6.07, 6.45) is 9.55. The summed E-state index contributed by atoms with van der Waals surface area (Å²) in [4.78, 5) is 29.7. The zero-order valence-corrected chi connectivity index (χ0v) is 12.9. The standard InChI is InChI=1S/C11H14N4O.C4H4O4/c1-2-7-16-11-9-13-8-10(14-11)15-5-3-12-4-6-15;5-3(6)1-2-4(7)8/h1,8-9,12H,3-7H2;1-2H,(H,5,6)(H,7,8)/b;2-1-. The fraction of sp³-hybridized carbons (Fsp3) is 0.333. The van der Waals surface area contributed by atoms with Crippen molar-refractivity contribution >= 4 is 17.8 Å². The molecule has 2 rings (SSSR count). The van der Waals surface area contributed by atoms with Gasteiger partial charge >= 0.3 is 11.9 Å². The smallest absolute Gasteiger partial charge is 0.328 e. The van der Waals surface area contributed by atoms with Gasteiger partial charge in [0.05, 0.1) is 12.4 Å². The van der Waals surface area contributed by atoms with E-state index in [4.69, 9.17) is 21.4 Å². The van der Waals surface area contributed by atoms with E-state index in [1.807, 2.05) is 0 Å². The van der Waals surface area contributed by atoms with Gasteiger partial charge in [-0.25, -0.2) is 9.59 Å². The number of anilines is 1. The average molecular weight is 334 g/mol. The van der Waals surface area contributed by atoms with Crippen LogP contribution in [0.2, 0.25) is 0 Å². The molecular weight excluding hydrogens is 316 g/mol. The van der Waals surface area contributed by atoms with E-state index in [1.165, 1.54) is 0 Å². The average Bonchev–Trinajstić information content (AvgIpc) is 2.60. The number of hydrogen-bond acceptors (Lipinski definition) is 7. The van der Waals surface area contributed by atoms with E-state index in [-0.39, 0.29) is 6.61 Å². The third-order valence-electron chi connectivity index (χ3n) is 2.71. The maximum Gasteiger partial charge on any atom is 0.328 e. The number of aliphatic carboxylic acids is 2. The number of ether oxygens (including phenoxy) is 1. The molecule has 24 heavy (non-hydrogen) atoms. The molecule has 2 heterocycles. The number of aromatic nitrogens is 2. The van der Waals surface area contributed by atoms with Crippen molar-refractivity contribution in [3.8, 4) is 18.2 Å². The van der Waals surface area contributed by atoms with Crippen LogP contribution in [0.5, 0.6) is 5.88 Å². The zero-order valence-electron chi connectivity index (χ0n) is 12.9. The molecule has 0 radical (unpaired) electrons. The highest BCUT2D eigenvalue weighted by atomic mass is 16.5. The molecular formula is C15H18N4O5. The van der Waals surface area contributed by atoms with E-state index >= 15 is 0 Å². The molecule has 1 aromatic rings. The molecule has 0 atom stereocenters. The summed E-state index contributed by atoms with van der Waals surface area (Å²) >= 11 is 0. The first-order valence-corrected chi connectivity index (χ1v) is 7.01. The maximum atomic E-state index is 9.55. The molecule has 9 heteroatoms. The number of nitrogens with one attached hydrogen (secondary N) is 1. The minimum absolute atomic E-state index is 0.222. The van der Waals surface area contributed by atoms with E-state index in [0.717, 1.165) is 32.0 Å². The Kier molecular flexibility index (Phi) is 8.34. The second kappa shape index (κ2) is 10.6.